The zero-order chi connectivity index (χ0) is 29.1. The van der Waals surface area contributed by atoms with Gasteiger partial charge in [0.05, 0.1) is 24.9 Å². The predicted molar refractivity (Wildman–Crippen MR) is 157 cm³/mol. The minimum atomic E-state index is -1.98. The minimum Gasteiger partial charge on any atom is -0.469 e. The molecule has 0 amide bonds. The topological polar surface area (TPSA) is 78.9 Å². The summed E-state index contributed by atoms with van der Waals surface area (Å²) in [6.07, 6.45) is 10.9. The van der Waals surface area contributed by atoms with Crippen LogP contribution in [0.3, 0.4) is 0 Å². The molecule has 0 radical (unpaired) electrons. The van der Waals surface area contributed by atoms with Gasteiger partial charge in [0.2, 0.25) is 0 Å². The van der Waals surface area contributed by atoms with Crippen molar-refractivity contribution >= 4 is 25.9 Å². The molecule has 0 spiro atoms. The van der Waals surface area contributed by atoms with Gasteiger partial charge in [-0.05, 0) is 58.2 Å². The number of unbranched alkanes of at least 4 members (excludes halogenated alkanes) is 3. The molecule has 1 fully saturated rings. The molecule has 1 aliphatic carbocycles. The third-order valence-corrected chi connectivity index (χ3v) is 12.4. The Hall–Kier alpha value is -1.31. The molecule has 0 aromatic rings. The molecule has 0 aromatic heterocycles. The summed E-state index contributed by atoms with van der Waals surface area (Å²) in [6, 6.07) is 0. The molecule has 0 N–H and O–H groups in total. The van der Waals surface area contributed by atoms with Crippen LogP contribution in [0, 0.1) is 11.8 Å². The number of carbonyl (C=O) groups is 3. The molecule has 220 valence electrons. The SMILES string of the molecule is CCCCCC(/C=C/[C@H]1C(OC(C)(C)C)CC(=O)[C@@H]1CC(=O)CCCCC(=O)OC)O[Si](C)(C)C(C)(C)C. The number of carbonyl (C=O) groups excluding carboxylic acids is 3. The highest BCUT2D eigenvalue weighted by molar-refractivity contribution is 6.74. The van der Waals surface area contributed by atoms with Crippen molar-refractivity contribution in [2.24, 2.45) is 11.8 Å². The minimum absolute atomic E-state index is 0.0110. The largest absolute Gasteiger partial charge is 0.469 e. The van der Waals surface area contributed by atoms with Crippen LogP contribution in [0.2, 0.25) is 18.1 Å². The van der Waals surface area contributed by atoms with Gasteiger partial charge in [0, 0.05) is 37.5 Å². The summed E-state index contributed by atoms with van der Waals surface area (Å²) < 4.78 is 17.8. The molecule has 2 unspecified atom stereocenters. The van der Waals surface area contributed by atoms with Crippen molar-refractivity contribution in [3.63, 3.8) is 0 Å². The van der Waals surface area contributed by atoms with Crippen LogP contribution >= 0.6 is 0 Å². The number of hydrogen-bond acceptors (Lipinski definition) is 6. The van der Waals surface area contributed by atoms with Gasteiger partial charge in [0.25, 0.3) is 0 Å². The van der Waals surface area contributed by atoms with Gasteiger partial charge in [-0.2, -0.15) is 0 Å². The van der Waals surface area contributed by atoms with E-state index in [-0.39, 0.29) is 58.6 Å². The molecule has 0 saturated heterocycles. The highest BCUT2D eigenvalue weighted by atomic mass is 28.4. The molecule has 1 aliphatic rings. The Morgan fingerprint density at radius 2 is 1.66 bits per heavy atom. The van der Waals surface area contributed by atoms with E-state index < -0.39 is 8.32 Å². The number of ketones is 2. The smallest absolute Gasteiger partial charge is 0.305 e. The molecule has 1 rings (SSSR count). The van der Waals surface area contributed by atoms with E-state index in [0.717, 1.165) is 25.7 Å². The second kappa shape index (κ2) is 15.5. The van der Waals surface area contributed by atoms with Gasteiger partial charge in [0.15, 0.2) is 8.32 Å². The van der Waals surface area contributed by atoms with Crippen LogP contribution in [0.25, 0.3) is 0 Å². The van der Waals surface area contributed by atoms with Gasteiger partial charge in [-0.1, -0.05) is 59.1 Å². The molecule has 6 nitrogen and oxygen atoms in total. The zero-order valence-electron chi connectivity index (χ0n) is 26.0. The van der Waals surface area contributed by atoms with Gasteiger partial charge >= 0.3 is 5.97 Å². The molecule has 7 heteroatoms. The van der Waals surface area contributed by atoms with Crippen LogP contribution in [0.15, 0.2) is 12.2 Å². The molecule has 4 atom stereocenters. The Kier molecular flexibility index (Phi) is 14.1. The Labute approximate surface area is 233 Å². The lowest BCUT2D eigenvalue weighted by Gasteiger charge is -2.39. The van der Waals surface area contributed by atoms with Crippen molar-refractivity contribution in [2.75, 3.05) is 7.11 Å². The predicted octanol–water partition coefficient (Wildman–Crippen LogP) is 7.59. The van der Waals surface area contributed by atoms with Gasteiger partial charge in [-0.3, -0.25) is 14.4 Å². The number of hydrogen-bond donors (Lipinski definition) is 0. The standard InChI is InChI=1S/C31H56O6Si/c1-11-12-13-17-24(37-38(9,10)31(5,6)7)19-20-25-26(27(33)22-28(25)36-30(2,3)4)21-23(32)16-14-15-18-29(34)35-8/h19-20,24-26,28H,11-18,21-22H2,1-10H3/b20-19+/t24?,25-,26-,28?/m1/s1. The number of ether oxygens (including phenoxy) is 2. The first-order chi connectivity index (χ1) is 17.5. The van der Waals surface area contributed by atoms with Crippen LogP contribution in [-0.4, -0.2) is 50.8 Å². The quantitative estimate of drug-likeness (QED) is 0.0849. The monoisotopic (exact) mass is 552 g/mol. The molecular weight excluding hydrogens is 496 g/mol. The highest BCUT2D eigenvalue weighted by Gasteiger charge is 2.44. The zero-order valence-corrected chi connectivity index (χ0v) is 27.0. The summed E-state index contributed by atoms with van der Waals surface area (Å²) in [4.78, 5) is 37.3. The number of esters is 1. The van der Waals surface area contributed by atoms with E-state index in [1.54, 1.807) is 0 Å². The van der Waals surface area contributed by atoms with Crippen LogP contribution < -0.4 is 0 Å². The van der Waals surface area contributed by atoms with Gasteiger partial charge in [0.1, 0.15) is 11.6 Å². The Balaban J connectivity index is 3.08. The summed E-state index contributed by atoms with van der Waals surface area (Å²) in [7, 11) is -0.613. The molecule has 0 bridgehead atoms. The van der Waals surface area contributed by atoms with Crippen molar-refractivity contribution in [2.45, 2.75) is 149 Å². The van der Waals surface area contributed by atoms with Gasteiger partial charge in [-0.15, -0.1) is 0 Å². The van der Waals surface area contributed by atoms with E-state index in [1.807, 2.05) is 20.8 Å². The fourth-order valence-electron chi connectivity index (χ4n) is 4.68. The maximum absolute atomic E-state index is 13.1. The maximum atomic E-state index is 13.1. The number of Topliss-reactive ketones (excluding diaryl/α,β-unsaturated/α-hetero) is 2. The Morgan fingerprint density at radius 3 is 2.21 bits per heavy atom. The Morgan fingerprint density at radius 1 is 1.03 bits per heavy atom. The summed E-state index contributed by atoms with van der Waals surface area (Å²) in [5.74, 6) is -0.623. The van der Waals surface area contributed by atoms with Crippen LogP contribution in [0.5, 0.6) is 0 Å². The van der Waals surface area contributed by atoms with Crippen molar-refractivity contribution in [3.8, 4) is 0 Å². The number of rotatable bonds is 16. The first-order valence-electron chi connectivity index (χ1n) is 14.7. The third kappa shape index (κ3) is 12.2. The van der Waals surface area contributed by atoms with Gasteiger partial charge in [-0.25, -0.2) is 0 Å². The van der Waals surface area contributed by atoms with Crippen molar-refractivity contribution in [1.82, 2.24) is 0 Å². The lowest BCUT2D eigenvalue weighted by molar-refractivity contribution is -0.140. The Bertz CT molecular complexity index is 789. The van der Waals surface area contributed by atoms with Crippen LogP contribution in [0.1, 0.15) is 113 Å². The first-order valence-corrected chi connectivity index (χ1v) is 17.6. The summed E-state index contributed by atoms with van der Waals surface area (Å²) in [5.41, 5.74) is -0.387. The van der Waals surface area contributed by atoms with Crippen LogP contribution in [-0.2, 0) is 28.3 Å². The molecule has 1 saturated carbocycles. The molecule has 0 heterocycles. The summed E-state index contributed by atoms with van der Waals surface area (Å²) >= 11 is 0. The van der Waals surface area contributed by atoms with E-state index in [1.165, 1.54) is 7.11 Å². The second-order valence-corrected chi connectivity index (χ2v) is 18.2. The lowest BCUT2D eigenvalue weighted by atomic mass is 9.87. The van der Waals surface area contributed by atoms with Crippen molar-refractivity contribution in [3.05, 3.63) is 12.2 Å². The fourth-order valence-corrected chi connectivity index (χ4v) is 5.99. The third-order valence-electron chi connectivity index (χ3n) is 7.87. The van der Waals surface area contributed by atoms with Crippen molar-refractivity contribution < 1.29 is 28.3 Å². The van der Waals surface area contributed by atoms with E-state index in [0.29, 0.717) is 32.1 Å². The average molecular weight is 553 g/mol. The normalized spacial score (nSPS) is 21.7. The second-order valence-electron chi connectivity index (χ2n) is 13.4. The average Bonchev–Trinajstić information content (AvgIpc) is 3.05. The summed E-state index contributed by atoms with van der Waals surface area (Å²) in [6.45, 7) is 19.5. The molecular formula is C31H56O6Si. The molecule has 0 aliphatic heterocycles. The first kappa shape index (κ1) is 34.7. The van der Waals surface area contributed by atoms with E-state index in [2.05, 4.69) is 57.7 Å². The van der Waals surface area contributed by atoms with E-state index >= 15 is 0 Å². The maximum Gasteiger partial charge on any atom is 0.305 e. The molecule has 0 aromatic carbocycles. The van der Waals surface area contributed by atoms with Crippen molar-refractivity contribution in [1.29, 1.82) is 0 Å². The fraction of sp³-hybridized carbons (Fsp3) is 0.839. The summed E-state index contributed by atoms with van der Waals surface area (Å²) in [5, 5.41) is 0.105. The number of methoxy groups -OCH3 is 1. The van der Waals surface area contributed by atoms with E-state index in [4.69, 9.17) is 9.16 Å². The van der Waals surface area contributed by atoms with Crippen LogP contribution in [0.4, 0.5) is 0 Å². The highest BCUT2D eigenvalue weighted by Crippen LogP contribution is 2.40. The molecule has 38 heavy (non-hydrogen) atoms. The van der Waals surface area contributed by atoms with E-state index in [9.17, 15) is 14.4 Å². The van der Waals surface area contributed by atoms with Gasteiger partial charge < -0.3 is 13.9 Å². The lowest BCUT2D eigenvalue weighted by Crippen LogP contribution is -2.43.